The molecule has 0 aliphatic carbocycles. The van der Waals surface area contributed by atoms with E-state index >= 15 is 0 Å². The molecule has 8 aromatic rings. The summed E-state index contributed by atoms with van der Waals surface area (Å²) in [4.78, 5) is 18.8. The van der Waals surface area contributed by atoms with Gasteiger partial charge in [-0.15, -0.1) is 58.7 Å². The third-order valence-electron chi connectivity index (χ3n) is 10.3. The minimum Gasteiger partial charge on any atom is -0.503 e. The molecule has 0 aliphatic rings. The molecule has 0 radical (unpaired) electrons. The number of hydrogen-bond donors (Lipinski definition) is 0. The van der Waals surface area contributed by atoms with Crippen molar-refractivity contribution in [1.29, 1.82) is 0 Å². The van der Waals surface area contributed by atoms with Crippen LogP contribution in [-0.2, 0) is 53.7 Å². The zero-order valence-corrected chi connectivity index (χ0v) is 38.8. The summed E-state index contributed by atoms with van der Waals surface area (Å²) in [5.41, 5.74) is 9.83. The SMILES string of the molecule is CC(C)Cc1ccnc(-c2[c-]c(Oc3[c-]c4c(cc3)c3ccc(Oc5[c-]c(-c6cc(CC(C)C)ccn6)cc(C(C)C)c5)[c-]c3n4-c3ncccn3)cc(C(C)C)c2)c1.[Pd+2].[Pd+2]. The van der Waals surface area contributed by atoms with Gasteiger partial charge in [0.05, 0.1) is 0 Å². The zero-order chi connectivity index (χ0) is 41.2. The topological polar surface area (TPSA) is 75.0 Å². The molecule has 61 heavy (non-hydrogen) atoms. The standard InChI is InChI=1S/C52H49N5O2.2Pd/c1-32(2)20-36-14-18-53-48(22-36)40-24-38(34(5)6)26-44(28-40)58-42-10-12-46-47-13-11-43(31-51(47)57(50(46)30-42)52-55-16-9-17-56-52)59-45-27-39(35(7)8)25-41(29-45)49-23-37(15-19-54-49)21-33(3)4;;/h9-19,22-27,32-35H,20-21H2,1-8H3;;/q-4;2*+2. The second kappa shape index (κ2) is 19.8. The molecule has 0 spiro atoms. The van der Waals surface area contributed by atoms with Crippen LogP contribution in [-0.4, -0.2) is 24.5 Å². The molecular formula is C52H49N5O2Pd2. The van der Waals surface area contributed by atoms with Crippen molar-refractivity contribution < 1.29 is 50.3 Å². The van der Waals surface area contributed by atoms with E-state index in [0.717, 1.165) is 68.3 Å². The van der Waals surface area contributed by atoms with E-state index in [0.29, 0.717) is 40.8 Å². The molecule has 0 N–H and O–H groups in total. The summed E-state index contributed by atoms with van der Waals surface area (Å²) < 4.78 is 15.1. The van der Waals surface area contributed by atoms with Crippen LogP contribution in [0.15, 0.2) is 104 Å². The van der Waals surface area contributed by atoms with Crippen LogP contribution in [0.2, 0.25) is 0 Å². The fraction of sp³-hybridized carbons (Fsp3) is 0.269. The number of ether oxygens (including phenoxy) is 2. The maximum absolute atomic E-state index is 6.59. The first-order chi connectivity index (χ1) is 28.5. The number of benzene rings is 4. The smallest absolute Gasteiger partial charge is 0.503 e. The Kier molecular flexibility index (Phi) is 14.8. The van der Waals surface area contributed by atoms with Gasteiger partial charge >= 0.3 is 40.8 Å². The molecule has 0 saturated heterocycles. The van der Waals surface area contributed by atoms with Crippen LogP contribution in [0.1, 0.15) is 89.5 Å². The molecule has 0 unspecified atom stereocenters. The Morgan fingerprint density at radius 3 is 1.34 bits per heavy atom. The van der Waals surface area contributed by atoms with Gasteiger partial charge in [-0.05, 0) is 66.1 Å². The molecule has 7 nitrogen and oxygen atoms in total. The molecule has 4 aromatic heterocycles. The van der Waals surface area contributed by atoms with E-state index in [1.165, 1.54) is 11.1 Å². The molecular weight excluding hydrogens is 939 g/mol. The fourth-order valence-electron chi connectivity index (χ4n) is 7.41. The van der Waals surface area contributed by atoms with Crippen molar-refractivity contribution in [2.24, 2.45) is 11.8 Å². The molecule has 0 aliphatic heterocycles. The molecule has 314 valence electrons. The van der Waals surface area contributed by atoms with Gasteiger partial charge in [-0.25, -0.2) is 9.97 Å². The van der Waals surface area contributed by atoms with Crippen molar-refractivity contribution in [3.63, 3.8) is 0 Å². The Morgan fingerprint density at radius 1 is 0.492 bits per heavy atom. The average molecular weight is 989 g/mol. The summed E-state index contributed by atoms with van der Waals surface area (Å²) in [5.74, 6) is 4.40. The van der Waals surface area contributed by atoms with Crippen LogP contribution in [0, 0.1) is 36.1 Å². The van der Waals surface area contributed by atoms with Gasteiger partial charge in [0.2, 0.25) is 5.95 Å². The Labute approximate surface area is 387 Å². The van der Waals surface area contributed by atoms with Crippen molar-refractivity contribution >= 4 is 21.8 Å². The van der Waals surface area contributed by atoms with E-state index in [1.54, 1.807) is 18.5 Å². The summed E-state index contributed by atoms with van der Waals surface area (Å²) in [7, 11) is 0. The Balaban J connectivity index is 0.00000311. The van der Waals surface area contributed by atoms with Crippen LogP contribution in [0.5, 0.6) is 23.0 Å². The Morgan fingerprint density at radius 2 is 0.934 bits per heavy atom. The summed E-state index contributed by atoms with van der Waals surface area (Å²) in [6.07, 6.45) is 9.20. The molecule has 0 saturated carbocycles. The maximum atomic E-state index is 6.59. The largest absolute Gasteiger partial charge is 2.00 e. The molecule has 8 rings (SSSR count). The van der Waals surface area contributed by atoms with E-state index in [9.17, 15) is 0 Å². The van der Waals surface area contributed by atoms with Gasteiger partial charge in [0.15, 0.2) is 0 Å². The summed E-state index contributed by atoms with van der Waals surface area (Å²) in [6, 6.07) is 40.8. The van der Waals surface area contributed by atoms with Gasteiger partial charge in [0, 0.05) is 47.8 Å². The molecule has 4 heterocycles. The minimum absolute atomic E-state index is 0. The van der Waals surface area contributed by atoms with Gasteiger partial charge in [-0.1, -0.05) is 114 Å². The first kappa shape index (κ1) is 45.5. The maximum Gasteiger partial charge on any atom is 2.00 e. The van der Waals surface area contributed by atoms with Crippen molar-refractivity contribution in [2.75, 3.05) is 0 Å². The zero-order valence-electron chi connectivity index (χ0n) is 35.7. The second-order valence-corrected chi connectivity index (χ2v) is 16.7. The first-order valence-corrected chi connectivity index (χ1v) is 20.6. The number of hydrogen-bond acceptors (Lipinski definition) is 6. The third-order valence-corrected chi connectivity index (χ3v) is 10.3. The van der Waals surface area contributed by atoms with Gasteiger partial charge in [-0.3, -0.25) is 0 Å². The second-order valence-electron chi connectivity index (χ2n) is 16.7. The van der Waals surface area contributed by atoms with Gasteiger partial charge in [0.1, 0.15) is 0 Å². The molecule has 0 amide bonds. The van der Waals surface area contributed by atoms with Crippen molar-refractivity contribution in [3.8, 4) is 51.5 Å². The third kappa shape index (κ3) is 10.5. The van der Waals surface area contributed by atoms with Crippen LogP contribution in [0.4, 0.5) is 0 Å². The number of rotatable bonds is 13. The Hall–Kier alpha value is -5.02. The van der Waals surface area contributed by atoms with Crippen LogP contribution < -0.4 is 9.47 Å². The summed E-state index contributed by atoms with van der Waals surface area (Å²) in [5, 5.41) is 1.91. The monoisotopic (exact) mass is 987 g/mol. The van der Waals surface area contributed by atoms with Gasteiger partial charge in [0.25, 0.3) is 0 Å². The molecule has 9 heteroatoms. The van der Waals surface area contributed by atoms with Crippen LogP contribution in [0.25, 0.3) is 50.3 Å². The van der Waals surface area contributed by atoms with Crippen LogP contribution >= 0.6 is 0 Å². The number of aromatic nitrogens is 5. The average Bonchev–Trinajstić information content (AvgIpc) is 3.53. The fourth-order valence-corrected chi connectivity index (χ4v) is 7.41. The minimum atomic E-state index is 0. The number of pyridine rings is 2. The number of nitrogens with zero attached hydrogens (tertiary/aromatic N) is 5. The van der Waals surface area contributed by atoms with Gasteiger partial charge in [-0.2, -0.15) is 22.9 Å². The Bertz CT molecular complexity index is 2590. The summed E-state index contributed by atoms with van der Waals surface area (Å²) >= 11 is 0. The van der Waals surface area contributed by atoms with E-state index < -0.39 is 0 Å². The van der Waals surface area contributed by atoms with E-state index in [2.05, 4.69) is 126 Å². The normalized spacial score (nSPS) is 11.4. The predicted octanol–water partition coefficient (Wildman–Crippen LogP) is 13.1. The predicted molar refractivity (Wildman–Crippen MR) is 236 cm³/mol. The molecule has 4 aromatic carbocycles. The van der Waals surface area contributed by atoms with Crippen molar-refractivity contribution in [1.82, 2.24) is 24.5 Å². The first-order valence-electron chi connectivity index (χ1n) is 20.6. The molecule has 0 fully saturated rings. The van der Waals surface area contributed by atoms with E-state index in [-0.39, 0.29) is 52.7 Å². The van der Waals surface area contributed by atoms with Crippen LogP contribution in [0.3, 0.4) is 0 Å². The van der Waals surface area contributed by atoms with E-state index in [1.807, 2.05) is 53.4 Å². The van der Waals surface area contributed by atoms with Crippen molar-refractivity contribution in [2.45, 2.75) is 80.1 Å². The van der Waals surface area contributed by atoms with Gasteiger partial charge < -0.3 is 24.0 Å². The summed E-state index contributed by atoms with van der Waals surface area (Å²) in [6.45, 7) is 17.6. The molecule has 0 bridgehead atoms. The quantitative estimate of drug-likeness (QED) is 0.0846. The molecule has 0 atom stereocenters. The van der Waals surface area contributed by atoms with E-state index in [4.69, 9.17) is 19.4 Å². The van der Waals surface area contributed by atoms with Crippen molar-refractivity contribution in [3.05, 3.63) is 150 Å². The number of fused-ring (bicyclic) bond motifs is 3.